The fourth-order valence-electron chi connectivity index (χ4n) is 1.65. The molecule has 3 rings (SSSR count). The quantitative estimate of drug-likeness (QED) is 0.672. The van der Waals surface area contributed by atoms with Gasteiger partial charge in [-0.05, 0) is 23.8 Å². The Labute approximate surface area is 117 Å². The van der Waals surface area contributed by atoms with Crippen LogP contribution < -0.4 is 5.73 Å². The third-order valence-corrected chi connectivity index (χ3v) is 2.93. The van der Waals surface area contributed by atoms with Crippen LogP contribution in [0.4, 0.5) is 5.82 Å². The Kier molecular flexibility index (Phi) is 4.76. The number of nitrogens with zero attached hydrogens (tertiary/aromatic N) is 1. The van der Waals surface area contributed by atoms with Crippen LogP contribution >= 0.6 is 11.6 Å². The van der Waals surface area contributed by atoms with Crippen LogP contribution in [0.25, 0.3) is 10.9 Å². The molecule has 2 nitrogen and oxygen atoms in total. The van der Waals surface area contributed by atoms with E-state index in [0.717, 1.165) is 10.9 Å². The van der Waals surface area contributed by atoms with E-state index in [1.54, 1.807) is 0 Å². The number of halogens is 1. The molecular formula is C16H15ClN2. The summed E-state index contributed by atoms with van der Waals surface area (Å²) in [7, 11) is 0. The lowest BCUT2D eigenvalue weighted by molar-refractivity contribution is 1.41. The van der Waals surface area contributed by atoms with Crippen LogP contribution in [-0.2, 0) is 5.88 Å². The number of nitrogens with two attached hydrogens (primary N) is 1. The molecule has 0 saturated carbocycles. The molecule has 0 fully saturated rings. The summed E-state index contributed by atoms with van der Waals surface area (Å²) in [6.07, 6.45) is 0. The van der Waals surface area contributed by atoms with Crippen molar-refractivity contribution < 1.29 is 0 Å². The molecule has 2 aromatic carbocycles. The molecule has 3 heteroatoms. The van der Waals surface area contributed by atoms with E-state index in [4.69, 9.17) is 17.3 Å². The van der Waals surface area contributed by atoms with Crippen LogP contribution in [0, 0.1) is 0 Å². The topological polar surface area (TPSA) is 38.9 Å². The zero-order valence-electron chi connectivity index (χ0n) is 10.5. The summed E-state index contributed by atoms with van der Waals surface area (Å²) in [5.41, 5.74) is 7.64. The molecule has 1 aromatic heterocycles. The Balaban J connectivity index is 0.000000148. The summed E-state index contributed by atoms with van der Waals surface area (Å²) in [5, 5.41) is 1.13. The predicted octanol–water partition coefficient (Wildman–Crippen LogP) is 4.24. The molecule has 0 bridgehead atoms. The van der Waals surface area contributed by atoms with E-state index in [2.05, 4.69) is 4.98 Å². The fraction of sp³-hybridized carbons (Fsp3) is 0.0625. The predicted molar refractivity (Wildman–Crippen MR) is 82.2 cm³/mol. The molecule has 0 aliphatic heterocycles. The average molecular weight is 271 g/mol. The van der Waals surface area contributed by atoms with Crippen molar-refractivity contribution >= 4 is 28.3 Å². The zero-order valence-corrected chi connectivity index (χ0v) is 11.2. The van der Waals surface area contributed by atoms with Crippen molar-refractivity contribution in [3.05, 3.63) is 72.3 Å². The number of rotatable bonds is 1. The largest absolute Gasteiger partial charge is 0.384 e. The lowest BCUT2D eigenvalue weighted by Crippen LogP contribution is -1.88. The highest BCUT2D eigenvalue weighted by molar-refractivity contribution is 6.17. The summed E-state index contributed by atoms with van der Waals surface area (Å²) in [4.78, 5) is 4.15. The first kappa shape index (κ1) is 13.4. The van der Waals surface area contributed by atoms with Gasteiger partial charge < -0.3 is 5.73 Å². The van der Waals surface area contributed by atoms with Gasteiger partial charge in [0.15, 0.2) is 0 Å². The monoisotopic (exact) mass is 270 g/mol. The molecular weight excluding hydrogens is 256 g/mol. The fourth-order valence-corrected chi connectivity index (χ4v) is 1.83. The number of hydrogen-bond acceptors (Lipinski definition) is 2. The van der Waals surface area contributed by atoms with E-state index in [1.807, 2.05) is 66.7 Å². The number of aromatic nitrogens is 1. The van der Waals surface area contributed by atoms with Gasteiger partial charge in [-0.25, -0.2) is 4.98 Å². The lowest BCUT2D eigenvalue weighted by Gasteiger charge is -1.95. The number of para-hydroxylation sites is 1. The van der Waals surface area contributed by atoms with Crippen molar-refractivity contribution in [2.75, 3.05) is 5.73 Å². The van der Waals surface area contributed by atoms with Crippen molar-refractivity contribution in [3.8, 4) is 0 Å². The molecule has 1 heterocycles. The highest BCUT2D eigenvalue weighted by Crippen LogP contribution is 2.11. The van der Waals surface area contributed by atoms with Gasteiger partial charge in [0.1, 0.15) is 5.82 Å². The number of anilines is 1. The first-order valence-corrected chi connectivity index (χ1v) is 6.54. The maximum atomic E-state index is 5.53. The second-order valence-electron chi connectivity index (χ2n) is 4.05. The van der Waals surface area contributed by atoms with Crippen molar-refractivity contribution in [2.24, 2.45) is 0 Å². The molecule has 19 heavy (non-hydrogen) atoms. The molecule has 0 atom stereocenters. The van der Waals surface area contributed by atoms with Crippen molar-refractivity contribution in [1.29, 1.82) is 0 Å². The van der Waals surface area contributed by atoms with Gasteiger partial charge in [-0.2, -0.15) is 0 Å². The van der Waals surface area contributed by atoms with Crippen LogP contribution in [0.5, 0.6) is 0 Å². The van der Waals surface area contributed by atoms with Crippen LogP contribution in [0.3, 0.4) is 0 Å². The van der Waals surface area contributed by atoms with Gasteiger partial charge in [0, 0.05) is 11.3 Å². The van der Waals surface area contributed by atoms with Gasteiger partial charge >= 0.3 is 0 Å². The molecule has 0 radical (unpaired) electrons. The summed E-state index contributed by atoms with van der Waals surface area (Å²) in [5.74, 6) is 1.18. The van der Waals surface area contributed by atoms with Gasteiger partial charge in [-0.1, -0.05) is 48.5 Å². The SMILES string of the molecule is ClCc1ccccc1.Nc1ccc2ccccc2n1. The molecule has 0 amide bonds. The van der Waals surface area contributed by atoms with Crippen molar-refractivity contribution in [3.63, 3.8) is 0 Å². The number of pyridine rings is 1. The highest BCUT2D eigenvalue weighted by Gasteiger charge is 1.91. The molecule has 0 unspecified atom stereocenters. The Morgan fingerprint density at radius 3 is 2.21 bits per heavy atom. The summed E-state index contributed by atoms with van der Waals surface area (Å²) in [6.45, 7) is 0. The highest BCUT2D eigenvalue weighted by atomic mass is 35.5. The van der Waals surface area contributed by atoms with E-state index in [0.29, 0.717) is 11.7 Å². The van der Waals surface area contributed by atoms with Gasteiger partial charge in [-0.3, -0.25) is 0 Å². The first-order valence-electron chi connectivity index (χ1n) is 6.01. The molecule has 0 saturated heterocycles. The molecule has 96 valence electrons. The lowest BCUT2D eigenvalue weighted by atomic mass is 10.2. The van der Waals surface area contributed by atoms with Gasteiger partial charge in [0.25, 0.3) is 0 Å². The van der Waals surface area contributed by atoms with E-state index >= 15 is 0 Å². The van der Waals surface area contributed by atoms with Gasteiger partial charge in [0.2, 0.25) is 0 Å². The smallest absolute Gasteiger partial charge is 0.124 e. The molecule has 2 N–H and O–H groups in total. The van der Waals surface area contributed by atoms with Crippen LogP contribution in [0.2, 0.25) is 0 Å². The third-order valence-electron chi connectivity index (χ3n) is 2.62. The zero-order chi connectivity index (χ0) is 13.5. The second kappa shape index (κ2) is 6.76. The number of alkyl halides is 1. The van der Waals surface area contributed by atoms with Crippen molar-refractivity contribution in [2.45, 2.75) is 5.88 Å². The third kappa shape index (κ3) is 3.97. The number of fused-ring (bicyclic) bond motifs is 1. The maximum Gasteiger partial charge on any atom is 0.124 e. The van der Waals surface area contributed by atoms with Crippen LogP contribution in [0.15, 0.2) is 66.7 Å². The van der Waals surface area contributed by atoms with Crippen LogP contribution in [-0.4, -0.2) is 4.98 Å². The minimum atomic E-state index is 0.573. The minimum Gasteiger partial charge on any atom is -0.384 e. The Morgan fingerprint density at radius 1 is 0.842 bits per heavy atom. The summed E-state index contributed by atoms with van der Waals surface area (Å²) < 4.78 is 0. The second-order valence-corrected chi connectivity index (χ2v) is 4.32. The standard InChI is InChI=1S/C9H8N2.C7H7Cl/c10-9-6-5-7-3-1-2-4-8(7)11-9;8-6-7-4-2-1-3-5-7/h1-6H,(H2,10,11);1-5H,6H2. The Morgan fingerprint density at radius 2 is 1.53 bits per heavy atom. The van der Waals surface area contributed by atoms with Crippen LogP contribution in [0.1, 0.15) is 5.56 Å². The average Bonchev–Trinajstić information content (AvgIpc) is 2.48. The van der Waals surface area contributed by atoms with E-state index < -0.39 is 0 Å². The maximum absolute atomic E-state index is 5.53. The van der Waals surface area contributed by atoms with Gasteiger partial charge in [0.05, 0.1) is 5.52 Å². The summed E-state index contributed by atoms with van der Waals surface area (Å²) in [6, 6.07) is 21.6. The van der Waals surface area contributed by atoms with E-state index in [9.17, 15) is 0 Å². The van der Waals surface area contributed by atoms with Gasteiger partial charge in [-0.15, -0.1) is 11.6 Å². The van der Waals surface area contributed by atoms with E-state index in [1.165, 1.54) is 5.56 Å². The van der Waals surface area contributed by atoms with Crippen molar-refractivity contribution in [1.82, 2.24) is 4.98 Å². The molecule has 0 aliphatic rings. The number of hydrogen-bond donors (Lipinski definition) is 1. The first-order chi connectivity index (χ1) is 9.29. The Bertz CT molecular complexity index is 638. The number of benzene rings is 2. The normalized spacial score (nSPS) is 9.74. The molecule has 0 aliphatic carbocycles. The summed E-state index contributed by atoms with van der Waals surface area (Å²) >= 11 is 5.53. The molecule has 0 spiro atoms. The molecule has 3 aromatic rings. The Hall–Kier alpha value is -2.06. The minimum absolute atomic E-state index is 0.573. The number of nitrogen functional groups attached to an aromatic ring is 1. The van der Waals surface area contributed by atoms with E-state index in [-0.39, 0.29) is 0 Å².